The predicted molar refractivity (Wildman–Crippen MR) is 77.2 cm³/mol. The van der Waals surface area contributed by atoms with Crippen molar-refractivity contribution in [1.82, 2.24) is 0 Å². The lowest BCUT2D eigenvalue weighted by molar-refractivity contribution is 0.484. The van der Waals surface area contributed by atoms with Gasteiger partial charge in [0.05, 0.1) is 0 Å². The lowest BCUT2D eigenvalue weighted by Gasteiger charge is -2.11. The molecule has 0 aromatic heterocycles. The fourth-order valence-corrected chi connectivity index (χ4v) is 3.24. The molecule has 0 saturated heterocycles. The zero-order valence-corrected chi connectivity index (χ0v) is 12.2. The van der Waals surface area contributed by atoms with Gasteiger partial charge in [0, 0.05) is 5.39 Å². The van der Waals surface area contributed by atoms with Crippen LogP contribution in [-0.4, -0.2) is 13.0 Å². The van der Waals surface area contributed by atoms with Crippen LogP contribution in [-0.2, 0) is 16.5 Å². The molecule has 0 radical (unpaired) electrons. The van der Waals surface area contributed by atoms with E-state index in [9.17, 15) is 13.0 Å². The maximum Gasteiger partial charge on any atom is 0.295 e. The summed E-state index contributed by atoms with van der Waals surface area (Å²) >= 11 is 0. The normalized spacial score (nSPS) is 12.0. The van der Waals surface area contributed by atoms with Crippen molar-refractivity contribution in [2.75, 3.05) is 0 Å². The highest BCUT2D eigenvalue weighted by molar-refractivity contribution is 7.86. The van der Waals surface area contributed by atoms with Crippen LogP contribution in [0.25, 0.3) is 10.8 Å². The Labute approximate surface area is 114 Å². The van der Waals surface area contributed by atoms with E-state index in [0.29, 0.717) is 5.39 Å². The van der Waals surface area contributed by atoms with Crippen LogP contribution in [0.15, 0.2) is 29.2 Å². The minimum Gasteiger partial charge on any atom is -0.282 e. The second-order valence-corrected chi connectivity index (χ2v) is 6.39. The summed E-state index contributed by atoms with van der Waals surface area (Å²) in [5.41, 5.74) is 2.95. The number of hydrogen-bond acceptors (Lipinski definition) is 2. The third-order valence-electron chi connectivity index (χ3n) is 3.26. The molecule has 4 heteroatoms. The van der Waals surface area contributed by atoms with E-state index < -0.39 is 10.1 Å². The van der Waals surface area contributed by atoms with E-state index in [2.05, 4.69) is 0 Å². The Kier molecular flexibility index (Phi) is 3.65. The molecule has 0 atom stereocenters. The fourth-order valence-electron chi connectivity index (χ4n) is 2.49. The van der Waals surface area contributed by atoms with E-state index in [1.807, 2.05) is 32.9 Å². The number of fused-ring (bicyclic) bond motifs is 1. The van der Waals surface area contributed by atoms with Crippen molar-refractivity contribution in [1.29, 1.82) is 0 Å². The Balaban J connectivity index is 2.90. The summed E-state index contributed by atoms with van der Waals surface area (Å²) in [5.74, 6) is 0. The van der Waals surface area contributed by atoms with Crippen molar-refractivity contribution in [3.8, 4) is 0 Å². The molecule has 2 rings (SSSR count). The predicted octanol–water partition coefficient (Wildman–Crippen LogP) is 3.66. The van der Waals surface area contributed by atoms with E-state index in [1.54, 1.807) is 12.1 Å². The largest absolute Gasteiger partial charge is 0.295 e. The molecule has 0 heterocycles. The second-order valence-electron chi connectivity index (χ2n) is 5.00. The average Bonchev–Trinajstić information content (AvgIpc) is 2.28. The molecule has 0 bridgehead atoms. The van der Waals surface area contributed by atoms with Gasteiger partial charge in [-0.2, -0.15) is 8.42 Å². The van der Waals surface area contributed by atoms with Gasteiger partial charge in [-0.1, -0.05) is 37.1 Å². The Hall–Kier alpha value is -1.39. The van der Waals surface area contributed by atoms with Gasteiger partial charge in [-0.25, -0.2) is 0 Å². The van der Waals surface area contributed by atoms with Gasteiger partial charge in [0.25, 0.3) is 10.1 Å². The first-order chi connectivity index (χ1) is 8.82. The summed E-state index contributed by atoms with van der Waals surface area (Å²) in [6.07, 6.45) is 1.73. The molecule has 0 unspecified atom stereocenters. The highest BCUT2D eigenvalue weighted by atomic mass is 32.2. The van der Waals surface area contributed by atoms with Crippen molar-refractivity contribution in [3.05, 3.63) is 41.0 Å². The van der Waals surface area contributed by atoms with Crippen LogP contribution in [0, 0.1) is 13.8 Å². The molecule has 0 spiro atoms. The Morgan fingerprint density at radius 2 is 1.74 bits per heavy atom. The van der Waals surface area contributed by atoms with Gasteiger partial charge in [0.1, 0.15) is 4.90 Å². The third-order valence-corrected chi connectivity index (χ3v) is 4.15. The molecule has 0 amide bonds. The summed E-state index contributed by atoms with van der Waals surface area (Å²) in [5, 5.41) is 1.49. The first-order valence-corrected chi connectivity index (χ1v) is 7.78. The molecular weight excluding hydrogens is 260 g/mol. The Morgan fingerprint density at radius 3 is 2.32 bits per heavy atom. The summed E-state index contributed by atoms with van der Waals surface area (Å²) in [7, 11) is -4.20. The summed E-state index contributed by atoms with van der Waals surface area (Å²) in [4.78, 5) is 0.0141. The van der Waals surface area contributed by atoms with Crippen molar-refractivity contribution >= 4 is 20.9 Å². The quantitative estimate of drug-likeness (QED) is 0.872. The van der Waals surface area contributed by atoms with Gasteiger partial charge in [-0.3, -0.25) is 4.55 Å². The van der Waals surface area contributed by atoms with E-state index in [4.69, 9.17) is 0 Å². The Bertz CT molecular complexity index is 731. The van der Waals surface area contributed by atoms with Crippen LogP contribution >= 0.6 is 0 Å². The first kappa shape index (κ1) is 14.0. The SMILES string of the molecule is CCCc1cc(S(=O)(=O)O)c2cc(C)cc(C)c2c1. The van der Waals surface area contributed by atoms with E-state index in [-0.39, 0.29) is 4.90 Å². The maximum absolute atomic E-state index is 11.6. The van der Waals surface area contributed by atoms with Gasteiger partial charge < -0.3 is 0 Å². The van der Waals surface area contributed by atoms with Crippen LogP contribution in [0.2, 0.25) is 0 Å². The van der Waals surface area contributed by atoms with Gasteiger partial charge in [0.15, 0.2) is 0 Å². The molecule has 1 N–H and O–H groups in total. The van der Waals surface area contributed by atoms with Crippen molar-refractivity contribution in [3.63, 3.8) is 0 Å². The van der Waals surface area contributed by atoms with Crippen LogP contribution in [0.3, 0.4) is 0 Å². The number of hydrogen-bond donors (Lipinski definition) is 1. The monoisotopic (exact) mass is 278 g/mol. The fraction of sp³-hybridized carbons (Fsp3) is 0.333. The molecule has 19 heavy (non-hydrogen) atoms. The highest BCUT2D eigenvalue weighted by Gasteiger charge is 2.16. The standard InChI is InChI=1S/C15H18O3S/c1-4-5-12-8-13-11(3)6-10(2)7-14(13)15(9-12)19(16,17)18/h6-9H,4-5H2,1-3H3,(H,16,17,18). The molecule has 0 aliphatic rings. The second kappa shape index (κ2) is 4.94. The lowest BCUT2D eigenvalue weighted by atomic mass is 9.98. The summed E-state index contributed by atoms with van der Waals surface area (Å²) in [6.45, 7) is 5.91. The van der Waals surface area contributed by atoms with Crippen LogP contribution < -0.4 is 0 Å². The molecule has 2 aromatic carbocycles. The average molecular weight is 278 g/mol. The molecule has 0 aliphatic heterocycles. The minimum atomic E-state index is -4.20. The molecule has 0 fully saturated rings. The Morgan fingerprint density at radius 1 is 1.05 bits per heavy atom. The van der Waals surface area contributed by atoms with Gasteiger partial charge in [-0.05, 0) is 42.8 Å². The van der Waals surface area contributed by atoms with Gasteiger partial charge in [-0.15, -0.1) is 0 Å². The van der Waals surface area contributed by atoms with Gasteiger partial charge >= 0.3 is 0 Å². The minimum absolute atomic E-state index is 0.0141. The topological polar surface area (TPSA) is 54.4 Å². The molecule has 0 saturated carbocycles. The summed E-state index contributed by atoms with van der Waals surface area (Å²) in [6, 6.07) is 7.43. The maximum atomic E-state index is 11.6. The zero-order chi connectivity index (χ0) is 14.2. The van der Waals surface area contributed by atoms with Crippen molar-refractivity contribution < 1.29 is 13.0 Å². The highest BCUT2D eigenvalue weighted by Crippen LogP contribution is 2.29. The molecular formula is C15H18O3S. The molecule has 2 aromatic rings. The molecule has 102 valence electrons. The zero-order valence-electron chi connectivity index (χ0n) is 11.4. The third kappa shape index (κ3) is 2.80. The van der Waals surface area contributed by atoms with Crippen LogP contribution in [0.4, 0.5) is 0 Å². The number of aryl methyl sites for hydroxylation is 3. The van der Waals surface area contributed by atoms with E-state index in [0.717, 1.165) is 34.9 Å². The number of benzene rings is 2. The molecule has 3 nitrogen and oxygen atoms in total. The van der Waals surface area contributed by atoms with Gasteiger partial charge in [0.2, 0.25) is 0 Å². The first-order valence-electron chi connectivity index (χ1n) is 6.34. The smallest absolute Gasteiger partial charge is 0.282 e. The van der Waals surface area contributed by atoms with Crippen LogP contribution in [0.5, 0.6) is 0 Å². The van der Waals surface area contributed by atoms with E-state index >= 15 is 0 Å². The molecule has 0 aliphatic carbocycles. The van der Waals surface area contributed by atoms with E-state index in [1.165, 1.54) is 0 Å². The summed E-state index contributed by atoms with van der Waals surface area (Å²) < 4.78 is 32.6. The van der Waals surface area contributed by atoms with Crippen molar-refractivity contribution in [2.24, 2.45) is 0 Å². The number of rotatable bonds is 3. The van der Waals surface area contributed by atoms with Crippen LogP contribution in [0.1, 0.15) is 30.0 Å². The lowest BCUT2D eigenvalue weighted by Crippen LogP contribution is -2.02. The van der Waals surface area contributed by atoms with Crippen molar-refractivity contribution in [2.45, 2.75) is 38.5 Å².